The first-order valence-corrected chi connectivity index (χ1v) is 7.82. The smallest absolute Gasteiger partial charge is 0.308 e. The summed E-state index contributed by atoms with van der Waals surface area (Å²) in [6.07, 6.45) is 2.01. The molecule has 3 atom stereocenters. The van der Waals surface area contributed by atoms with Crippen molar-refractivity contribution in [1.29, 1.82) is 0 Å². The summed E-state index contributed by atoms with van der Waals surface area (Å²) in [5, 5.41) is 8.28. The maximum absolute atomic E-state index is 11.6. The first-order chi connectivity index (χ1) is 8.36. The number of carboxylic acids is 1. The molecule has 1 aliphatic carbocycles. The van der Waals surface area contributed by atoms with Crippen LogP contribution in [-0.2, 0) is 21.1 Å². The second-order valence-corrected chi connectivity index (χ2v) is 6.98. The zero-order valence-electron chi connectivity index (χ0n) is 10.3. The summed E-state index contributed by atoms with van der Waals surface area (Å²) in [5.41, 5.74) is 1.96. The lowest BCUT2D eigenvalue weighted by molar-refractivity contribution is -0.138. The van der Waals surface area contributed by atoms with E-state index in [9.17, 15) is 13.2 Å². The number of aliphatic carboxylic acids is 1. The highest BCUT2D eigenvalue weighted by Gasteiger charge is 2.61. The molecule has 0 spiro atoms. The Hall–Kier alpha value is -1.36. The quantitative estimate of drug-likeness (QED) is 0.897. The molecule has 0 amide bonds. The van der Waals surface area contributed by atoms with Crippen molar-refractivity contribution in [3.05, 3.63) is 35.4 Å². The van der Waals surface area contributed by atoms with Crippen molar-refractivity contribution < 1.29 is 18.3 Å². The first kappa shape index (κ1) is 13.1. The van der Waals surface area contributed by atoms with Gasteiger partial charge in [0.25, 0.3) is 0 Å². The number of benzene rings is 1. The van der Waals surface area contributed by atoms with Crippen molar-refractivity contribution in [2.24, 2.45) is 5.92 Å². The molecule has 3 unspecified atom stereocenters. The van der Waals surface area contributed by atoms with Gasteiger partial charge in [0.1, 0.15) is 0 Å². The Bertz CT molecular complexity index is 559. The highest BCUT2D eigenvalue weighted by atomic mass is 32.2. The van der Waals surface area contributed by atoms with Crippen LogP contribution in [0.25, 0.3) is 0 Å². The average Bonchev–Trinajstić information content (AvgIpc) is 3.04. The number of hydrogen-bond acceptors (Lipinski definition) is 3. The van der Waals surface area contributed by atoms with E-state index in [1.54, 1.807) is 0 Å². The number of rotatable bonds is 4. The molecule has 2 rings (SSSR count). The predicted molar refractivity (Wildman–Crippen MR) is 68.3 cm³/mol. The second kappa shape index (κ2) is 4.39. The molecule has 0 aromatic heterocycles. The third-order valence-corrected chi connectivity index (χ3v) is 5.08. The monoisotopic (exact) mass is 268 g/mol. The van der Waals surface area contributed by atoms with Gasteiger partial charge in [0.2, 0.25) is 0 Å². The van der Waals surface area contributed by atoms with Crippen molar-refractivity contribution in [3.8, 4) is 0 Å². The fourth-order valence-electron chi connectivity index (χ4n) is 2.48. The Labute approximate surface area is 107 Å². The van der Waals surface area contributed by atoms with E-state index in [0.717, 1.165) is 23.8 Å². The standard InChI is InChI=1S/C13H16O4S/c1-3-8-4-6-9(7-5-8)10-11(13(14)15)12(10)18(2,16)17/h4-7,10-12H,3H2,1-2H3,(H,14,15). The summed E-state index contributed by atoms with van der Waals surface area (Å²) in [4.78, 5) is 11.1. The fraction of sp³-hybridized carbons (Fsp3) is 0.462. The Kier molecular flexibility index (Phi) is 3.19. The van der Waals surface area contributed by atoms with Crippen molar-refractivity contribution in [1.82, 2.24) is 0 Å². The molecule has 0 heterocycles. The zero-order valence-corrected chi connectivity index (χ0v) is 11.1. The molecule has 18 heavy (non-hydrogen) atoms. The topological polar surface area (TPSA) is 71.4 Å². The molecular weight excluding hydrogens is 252 g/mol. The molecule has 98 valence electrons. The molecule has 0 saturated heterocycles. The molecule has 5 heteroatoms. The van der Waals surface area contributed by atoms with Crippen LogP contribution in [0.3, 0.4) is 0 Å². The maximum Gasteiger partial charge on any atom is 0.308 e. The largest absolute Gasteiger partial charge is 0.481 e. The van der Waals surface area contributed by atoms with Crippen LogP contribution in [0.5, 0.6) is 0 Å². The van der Waals surface area contributed by atoms with Crippen LogP contribution in [-0.4, -0.2) is 31.0 Å². The molecule has 1 N–H and O–H groups in total. The first-order valence-electron chi connectivity index (χ1n) is 5.86. The minimum absolute atomic E-state index is 0.400. The van der Waals surface area contributed by atoms with E-state index in [1.165, 1.54) is 0 Å². The number of hydrogen-bond donors (Lipinski definition) is 1. The molecule has 4 nitrogen and oxygen atoms in total. The highest BCUT2D eigenvalue weighted by molar-refractivity contribution is 7.91. The lowest BCUT2D eigenvalue weighted by Gasteiger charge is -2.01. The van der Waals surface area contributed by atoms with Gasteiger partial charge >= 0.3 is 5.97 Å². The Morgan fingerprint density at radius 1 is 1.28 bits per heavy atom. The van der Waals surface area contributed by atoms with Crippen LogP contribution in [0, 0.1) is 5.92 Å². The fourth-order valence-corrected chi connectivity index (χ4v) is 4.07. The summed E-state index contributed by atoms with van der Waals surface area (Å²) in [5.74, 6) is -2.23. The number of carbonyl (C=O) groups is 1. The van der Waals surface area contributed by atoms with Crippen LogP contribution in [0.4, 0.5) is 0 Å². The minimum Gasteiger partial charge on any atom is -0.481 e. The predicted octanol–water partition coefficient (Wildman–Crippen LogP) is 1.46. The molecule has 0 radical (unpaired) electrons. The summed E-state index contributed by atoms with van der Waals surface area (Å²) >= 11 is 0. The van der Waals surface area contributed by atoms with E-state index < -0.39 is 32.9 Å². The molecule has 1 saturated carbocycles. The van der Waals surface area contributed by atoms with Gasteiger partial charge in [-0.15, -0.1) is 0 Å². The van der Waals surface area contributed by atoms with Gasteiger partial charge in [-0.25, -0.2) is 8.42 Å². The van der Waals surface area contributed by atoms with Crippen molar-refractivity contribution >= 4 is 15.8 Å². The molecule has 1 aromatic carbocycles. The van der Waals surface area contributed by atoms with Gasteiger partial charge in [0, 0.05) is 12.2 Å². The van der Waals surface area contributed by atoms with Gasteiger partial charge in [-0.3, -0.25) is 4.79 Å². The van der Waals surface area contributed by atoms with E-state index in [-0.39, 0.29) is 0 Å². The third-order valence-electron chi connectivity index (χ3n) is 3.51. The van der Waals surface area contributed by atoms with Crippen molar-refractivity contribution in [3.63, 3.8) is 0 Å². The van der Waals surface area contributed by atoms with Gasteiger partial charge in [-0.2, -0.15) is 0 Å². The van der Waals surface area contributed by atoms with Crippen LogP contribution in [0.1, 0.15) is 24.0 Å². The molecular formula is C13H16O4S. The number of carboxylic acid groups (broad SMARTS) is 1. The lowest BCUT2D eigenvalue weighted by Crippen LogP contribution is -2.10. The van der Waals surface area contributed by atoms with Gasteiger partial charge < -0.3 is 5.11 Å². The van der Waals surface area contributed by atoms with E-state index in [1.807, 2.05) is 31.2 Å². The SMILES string of the molecule is CCc1ccc(C2C(C(=O)O)C2S(C)(=O)=O)cc1. The number of sulfone groups is 1. The number of aryl methyl sites for hydroxylation is 1. The maximum atomic E-state index is 11.6. The van der Waals surface area contributed by atoms with Gasteiger partial charge in [-0.05, 0) is 17.5 Å². The lowest BCUT2D eigenvalue weighted by atomic mass is 10.1. The molecule has 1 aromatic rings. The summed E-state index contributed by atoms with van der Waals surface area (Å²) in [6, 6.07) is 7.52. The zero-order chi connectivity index (χ0) is 13.5. The van der Waals surface area contributed by atoms with Gasteiger partial charge in [0.15, 0.2) is 9.84 Å². The highest BCUT2D eigenvalue weighted by Crippen LogP contribution is 2.52. The van der Waals surface area contributed by atoms with Crippen LogP contribution in [0.2, 0.25) is 0 Å². The van der Waals surface area contributed by atoms with E-state index in [2.05, 4.69) is 0 Å². The van der Waals surface area contributed by atoms with E-state index in [4.69, 9.17) is 5.11 Å². The molecule has 0 aliphatic heterocycles. The summed E-state index contributed by atoms with van der Waals surface area (Å²) in [7, 11) is -3.32. The van der Waals surface area contributed by atoms with Crippen LogP contribution < -0.4 is 0 Å². The van der Waals surface area contributed by atoms with Crippen LogP contribution in [0.15, 0.2) is 24.3 Å². The minimum atomic E-state index is -3.32. The average molecular weight is 268 g/mol. The van der Waals surface area contributed by atoms with E-state index in [0.29, 0.717) is 0 Å². The Balaban J connectivity index is 2.30. The normalized spacial score (nSPS) is 26.9. The van der Waals surface area contributed by atoms with Gasteiger partial charge in [-0.1, -0.05) is 31.2 Å². The van der Waals surface area contributed by atoms with E-state index >= 15 is 0 Å². The van der Waals surface area contributed by atoms with Crippen molar-refractivity contribution in [2.45, 2.75) is 24.5 Å². The molecule has 0 bridgehead atoms. The Morgan fingerprint density at radius 2 is 1.83 bits per heavy atom. The van der Waals surface area contributed by atoms with Crippen molar-refractivity contribution in [2.75, 3.05) is 6.26 Å². The second-order valence-electron chi connectivity index (χ2n) is 4.78. The molecule has 1 fully saturated rings. The molecule has 1 aliphatic rings. The van der Waals surface area contributed by atoms with Gasteiger partial charge in [0.05, 0.1) is 11.2 Å². The van der Waals surface area contributed by atoms with Crippen LogP contribution >= 0.6 is 0 Å². The summed E-state index contributed by atoms with van der Waals surface area (Å²) < 4.78 is 23.1. The summed E-state index contributed by atoms with van der Waals surface area (Å²) in [6.45, 7) is 2.03. The Morgan fingerprint density at radius 3 is 2.17 bits per heavy atom. The third kappa shape index (κ3) is 2.27.